The molecule has 2 aliphatic heterocycles. The van der Waals surface area contributed by atoms with Gasteiger partial charge in [0.15, 0.2) is 5.75 Å². The molecule has 5 rings (SSSR count). The van der Waals surface area contributed by atoms with Crippen molar-refractivity contribution >= 4 is 17.4 Å². The number of ether oxygens (including phenoxy) is 1. The zero-order valence-corrected chi connectivity index (χ0v) is 18.3. The van der Waals surface area contributed by atoms with Gasteiger partial charge in [0.2, 0.25) is 0 Å². The summed E-state index contributed by atoms with van der Waals surface area (Å²) in [5.41, 5.74) is 2.66. The number of para-hydroxylation sites is 1. The van der Waals surface area contributed by atoms with Crippen molar-refractivity contribution in [2.24, 2.45) is 0 Å². The number of nitrogens with one attached hydrogen (secondary N) is 1. The van der Waals surface area contributed by atoms with Crippen LogP contribution in [-0.2, 0) is 0 Å². The minimum Gasteiger partial charge on any atom is -0.489 e. The molecule has 1 aromatic carbocycles. The number of likely N-dealkylation sites (tertiary alicyclic amines) is 1. The molecule has 6 nitrogen and oxygen atoms in total. The Morgan fingerprint density at radius 1 is 1.06 bits per heavy atom. The summed E-state index contributed by atoms with van der Waals surface area (Å²) in [5, 5.41) is 3.29. The van der Waals surface area contributed by atoms with Gasteiger partial charge in [-0.3, -0.25) is 4.79 Å². The van der Waals surface area contributed by atoms with Crippen LogP contribution >= 0.6 is 0 Å². The highest BCUT2D eigenvalue weighted by molar-refractivity contribution is 5.99. The first-order chi connectivity index (χ1) is 15.2. The van der Waals surface area contributed by atoms with Gasteiger partial charge in [0.25, 0.3) is 5.91 Å². The van der Waals surface area contributed by atoms with Crippen LogP contribution in [0, 0.1) is 6.92 Å². The Morgan fingerprint density at radius 3 is 2.61 bits per heavy atom. The van der Waals surface area contributed by atoms with E-state index in [-0.39, 0.29) is 11.9 Å². The molecule has 1 saturated heterocycles. The van der Waals surface area contributed by atoms with Gasteiger partial charge in [0, 0.05) is 18.3 Å². The van der Waals surface area contributed by atoms with Gasteiger partial charge in [-0.25, -0.2) is 4.98 Å². The molecule has 1 aliphatic carbocycles. The normalized spacial score (nSPS) is 23.8. The molecular weight excluding hydrogens is 388 g/mol. The molecule has 1 saturated carbocycles. The standard InChI is InChI=1S/C25H32N4O2/c1-18-7-12-23(26-17-18)29-15-16-31-24-21(5-4-6-22(24)29)25(30)27-19-8-10-20(11-9-19)28-13-2-3-14-28/h4-7,12,17,19-20H,2-3,8-11,13-16H2,1H3,(H,27,30)/t19-,20+. The maximum atomic E-state index is 13.2. The molecule has 0 bridgehead atoms. The number of aromatic nitrogens is 1. The Balaban J connectivity index is 1.28. The van der Waals surface area contributed by atoms with Crippen molar-refractivity contribution in [1.82, 2.24) is 15.2 Å². The first-order valence-electron chi connectivity index (χ1n) is 11.7. The molecule has 3 heterocycles. The number of carbonyl (C=O) groups excluding carboxylic acids is 1. The van der Waals surface area contributed by atoms with E-state index in [0.717, 1.165) is 29.9 Å². The first-order valence-corrected chi connectivity index (χ1v) is 11.7. The van der Waals surface area contributed by atoms with Gasteiger partial charge in [-0.15, -0.1) is 0 Å². The third-order valence-corrected chi connectivity index (χ3v) is 6.95. The molecule has 31 heavy (non-hydrogen) atoms. The van der Waals surface area contributed by atoms with Crippen LogP contribution in [0.2, 0.25) is 0 Å². The number of aryl methyl sites for hydroxylation is 1. The quantitative estimate of drug-likeness (QED) is 0.808. The van der Waals surface area contributed by atoms with Crippen molar-refractivity contribution in [3.63, 3.8) is 0 Å². The maximum absolute atomic E-state index is 13.2. The van der Waals surface area contributed by atoms with Gasteiger partial charge < -0.3 is 19.9 Å². The summed E-state index contributed by atoms with van der Waals surface area (Å²) in [6, 6.07) is 10.9. The SMILES string of the molecule is Cc1ccc(N2CCOc3c(C(=O)N[C@H]4CC[C@@H](N5CCCC5)CC4)cccc32)nc1. The number of carbonyl (C=O) groups is 1. The maximum Gasteiger partial charge on any atom is 0.255 e. The third-order valence-electron chi connectivity index (χ3n) is 6.95. The minimum atomic E-state index is -0.0276. The number of hydrogen-bond donors (Lipinski definition) is 1. The molecular formula is C25H32N4O2. The highest BCUT2D eigenvalue weighted by Gasteiger charge is 2.30. The number of amides is 1. The second-order valence-electron chi connectivity index (χ2n) is 9.07. The molecule has 0 radical (unpaired) electrons. The summed E-state index contributed by atoms with van der Waals surface area (Å²) >= 11 is 0. The summed E-state index contributed by atoms with van der Waals surface area (Å²) in [4.78, 5) is 22.5. The van der Waals surface area contributed by atoms with Crippen molar-refractivity contribution < 1.29 is 9.53 Å². The van der Waals surface area contributed by atoms with Crippen molar-refractivity contribution in [2.45, 2.75) is 57.5 Å². The zero-order valence-electron chi connectivity index (χ0n) is 18.3. The van der Waals surface area contributed by atoms with E-state index >= 15 is 0 Å². The highest BCUT2D eigenvalue weighted by atomic mass is 16.5. The van der Waals surface area contributed by atoms with E-state index in [1.54, 1.807) is 0 Å². The smallest absolute Gasteiger partial charge is 0.255 e. The number of nitrogens with zero attached hydrogens (tertiary/aromatic N) is 3. The Morgan fingerprint density at radius 2 is 1.87 bits per heavy atom. The number of benzene rings is 1. The number of hydrogen-bond acceptors (Lipinski definition) is 5. The number of pyridine rings is 1. The Bertz CT molecular complexity index is 916. The Hall–Kier alpha value is -2.60. The molecule has 1 aromatic heterocycles. The molecule has 1 amide bonds. The number of rotatable bonds is 4. The van der Waals surface area contributed by atoms with Gasteiger partial charge >= 0.3 is 0 Å². The largest absolute Gasteiger partial charge is 0.489 e. The van der Waals surface area contributed by atoms with Crippen LogP contribution in [0.4, 0.5) is 11.5 Å². The second kappa shape index (κ2) is 8.87. The van der Waals surface area contributed by atoms with Crippen LogP contribution in [0.5, 0.6) is 5.75 Å². The van der Waals surface area contributed by atoms with Crippen LogP contribution < -0.4 is 15.0 Å². The van der Waals surface area contributed by atoms with Crippen LogP contribution in [0.25, 0.3) is 0 Å². The molecule has 6 heteroatoms. The Labute approximate surface area is 184 Å². The van der Waals surface area contributed by atoms with E-state index in [0.29, 0.717) is 30.5 Å². The predicted molar refractivity (Wildman–Crippen MR) is 122 cm³/mol. The molecule has 3 aliphatic rings. The van der Waals surface area contributed by atoms with Gasteiger partial charge in [0.05, 0.1) is 17.8 Å². The van der Waals surface area contributed by atoms with Gasteiger partial charge in [-0.2, -0.15) is 0 Å². The predicted octanol–water partition coefficient (Wildman–Crippen LogP) is 4.06. The van der Waals surface area contributed by atoms with Crippen LogP contribution in [-0.4, -0.2) is 54.1 Å². The third kappa shape index (κ3) is 4.26. The van der Waals surface area contributed by atoms with E-state index in [9.17, 15) is 4.79 Å². The Kier molecular flexibility index (Phi) is 5.81. The number of anilines is 2. The molecule has 0 atom stereocenters. The molecule has 0 spiro atoms. The fourth-order valence-corrected chi connectivity index (χ4v) is 5.24. The molecule has 0 unspecified atom stereocenters. The van der Waals surface area contributed by atoms with Gasteiger partial charge in [0.1, 0.15) is 12.4 Å². The molecule has 2 aromatic rings. The summed E-state index contributed by atoms with van der Waals surface area (Å²) in [7, 11) is 0. The fourth-order valence-electron chi connectivity index (χ4n) is 5.24. The van der Waals surface area contributed by atoms with E-state index in [1.807, 2.05) is 37.4 Å². The van der Waals surface area contributed by atoms with Crippen molar-refractivity contribution in [1.29, 1.82) is 0 Å². The van der Waals surface area contributed by atoms with Crippen molar-refractivity contribution in [3.8, 4) is 5.75 Å². The molecule has 164 valence electrons. The van der Waals surface area contributed by atoms with Crippen LogP contribution in [0.15, 0.2) is 36.5 Å². The summed E-state index contributed by atoms with van der Waals surface area (Å²) in [6.07, 6.45) is 9.03. The molecule has 1 N–H and O–H groups in total. The summed E-state index contributed by atoms with van der Waals surface area (Å²) in [5.74, 6) is 1.52. The van der Waals surface area contributed by atoms with Crippen molar-refractivity contribution in [2.75, 3.05) is 31.1 Å². The van der Waals surface area contributed by atoms with Crippen LogP contribution in [0.1, 0.15) is 54.4 Å². The van der Waals surface area contributed by atoms with E-state index < -0.39 is 0 Å². The lowest BCUT2D eigenvalue weighted by Gasteiger charge is -2.35. The minimum absolute atomic E-state index is 0.0276. The zero-order chi connectivity index (χ0) is 21.2. The second-order valence-corrected chi connectivity index (χ2v) is 9.07. The lowest BCUT2D eigenvalue weighted by atomic mass is 9.90. The summed E-state index contributed by atoms with van der Waals surface area (Å²) < 4.78 is 5.99. The van der Waals surface area contributed by atoms with E-state index in [4.69, 9.17) is 4.74 Å². The molecule has 2 fully saturated rings. The fraction of sp³-hybridized carbons (Fsp3) is 0.520. The summed E-state index contributed by atoms with van der Waals surface area (Å²) in [6.45, 7) is 5.79. The average molecular weight is 421 g/mol. The first kappa shape index (κ1) is 20.3. The van der Waals surface area contributed by atoms with Crippen molar-refractivity contribution in [3.05, 3.63) is 47.7 Å². The average Bonchev–Trinajstić information content (AvgIpc) is 3.34. The topological polar surface area (TPSA) is 57.7 Å². The van der Waals surface area contributed by atoms with Crippen LogP contribution in [0.3, 0.4) is 0 Å². The van der Waals surface area contributed by atoms with E-state index in [1.165, 1.54) is 38.8 Å². The number of fused-ring (bicyclic) bond motifs is 1. The van der Waals surface area contributed by atoms with E-state index in [2.05, 4.69) is 26.2 Å². The monoisotopic (exact) mass is 420 g/mol. The lowest BCUT2D eigenvalue weighted by Crippen LogP contribution is -2.43. The van der Waals surface area contributed by atoms with Gasteiger partial charge in [-0.05, 0) is 82.3 Å². The highest BCUT2D eigenvalue weighted by Crippen LogP contribution is 2.38. The lowest BCUT2D eigenvalue weighted by molar-refractivity contribution is 0.0906. The van der Waals surface area contributed by atoms with Gasteiger partial charge in [-0.1, -0.05) is 12.1 Å².